The number of hydrogen-bond acceptors (Lipinski definition) is 3. The molecule has 3 heteroatoms. The van der Waals surface area contributed by atoms with Gasteiger partial charge in [-0.25, -0.2) is 0 Å². The molecule has 0 bridgehead atoms. The summed E-state index contributed by atoms with van der Waals surface area (Å²) in [6.07, 6.45) is 6.06. The monoisotopic (exact) mass is 159 g/mol. The van der Waals surface area contributed by atoms with Crippen molar-refractivity contribution in [1.82, 2.24) is 5.23 Å². The molecule has 66 valence electrons. The highest BCUT2D eigenvalue weighted by Crippen LogP contribution is 2.27. The van der Waals surface area contributed by atoms with Crippen LogP contribution in [0.3, 0.4) is 0 Å². The van der Waals surface area contributed by atoms with Gasteiger partial charge >= 0.3 is 0 Å². The maximum atomic E-state index is 8.76. The maximum Gasteiger partial charge on any atom is 0.0623 e. The molecule has 0 aliphatic heterocycles. The molecule has 0 heterocycles. The zero-order chi connectivity index (χ0) is 8.27. The molecular formula is C8H17NO2. The summed E-state index contributed by atoms with van der Waals surface area (Å²) in [4.78, 5) is 0. The molecule has 1 rings (SSSR count). The van der Waals surface area contributed by atoms with Crippen LogP contribution in [0.5, 0.6) is 0 Å². The lowest BCUT2D eigenvalue weighted by Gasteiger charge is -2.29. The molecular weight excluding hydrogens is 142 g/mol. The van der Waals surface area contributed by atoms with Gasteiger partial charge in [0.2, 0.25) is 0 Å². The highest BCUT2D eigenvalue weighted by molar-refractivity contribution is 4.72. The van der Waals surface area contributed by atoms with E-state index in [0.29, 0.717) is 11.1 Å². The van der Waals surface area contributed by atoms with Crippen LogP contribution in [0.1, 0.15) is 39.0 Å². The van der Waals surface area contributed by atoms with E-state index >= 15 is 0 Å². The molecule has 0 saturated heterocycles. The molecule has 1 aliphatic carbocycles. The summed E-state index contributed by atoms with van der Waals surface area (Å²) < 4.78 is 0. The van der Waals surface area contributed by atoms with Crippen LogP contribution in [-0.2, 0) is 0 Å². The average Bonchev–Trinajstić information content (AvgIpc) is 2.05. The first-order valence-electron chi connectivity index (χ1n) is 4.39. The normalized spacial score (nSPS) is 24.0. The van der Waals surface area contributed by atoms with Crippen LogP contribution >= 0.6 is 0 Å². The second kappa shape index (κ2) is 4.04. The molecule has 0 radical (unpaired) electrons. The first kappa shape index (κ1) is 8.97. The minimum absolute atomic E-state index is 0.102. The molecule has 3 nitrogen and oxygen atoms in total. The van der Waals surface area contributed by atoms with E-state index in [2.05, 4.69) is 0 Å². The average molecular weight is 159 g/mol. The van der Waals surface area contributed by atoms with E-state index in [1.807, 2.05) is 6.92 Å². The van der Waals surface area contributed by atoms with Crippen molar-refractivity contribution < 1.29 is 10.4 Å². The van der Waals surface area contributed by atoms with Gasteiger partial charge in [-0.15, -0.1) is 0 Å². The number of hydrogen-bond donors (Lipinski definition) is 2. The molecule has 0 aromatic heterocycles. The van der Waals surface area contributed by atoms with Crippen molar-refractivity contribution >= 4 is 0 Å². The van der Waals surface area contributed by atoms with Crippen molar-refractivity contribution in [2.24, 2.45) is 5.92 Å². The fraction of sp³-hybridized carbons (Fsp3) is 1.00. The van der Waals surface area contributed by atoms with E-state index in [9.17, 15) is 0 Å². The molecule has 0 spiro atoms. The molecule has 1 saturated carbocycles. The van der Waals surface area contributed by atoms with Crippen LogP contribution in [0.15, 0.2) is 0 Å². The van der Waals surface area contributed by atoms with Gasteiger partial charge in [0, 0.05) is 0 Å². The quantitative estimate of drug-likeness (QED) is 0.606. The molecule has 1 atom stereocenters. The molecule has 11 heavy (non-hydrogen) atoms. The minimum Gasteiger partial charge on any atom is -0.289 e. The lowest BCUT2D eigenvalue weighted by Crippen LogP contribution is -2.34. The summed E-state index contributed by atoms with van der Waals surface area (Å²) in [6, 6.07) is -0.102. The van der Waals surface area contributed by atoms with Gasteiger partial charge in [-0.3, -0.25) is 10.4 Å². The predicted octanol–water partition coefficient (Wildman–Crippen LogP) is 2.04. The predicted molar refractivity (Wildman–Crippen MR) is 41.4 cm³/mol. The van der Waals surface area contributed by atoms with Crippen LogP contribution in [0.25, 0.3) is 0 Å². The molecule has 1 fully saturated rings. The Hall–Kier alpha value is -0.120. The Kier molecular flexibility index (Phi) is 3.30. The molecule has 0 aromatic rings. The number of nitrogens with zero attached hydrogens (tertiary/aromatic N) is 1. The van der Waals surface area contributed by atoms with Crippen molar-refractivity contribution in [3.05, 3.63) is 0 Å². The van der Waals surface area contributed by atoms with Crippen molar-refractivity contribution in [2.45, 2.75) is 45.1 Å². The Bertz CT molecular complexity index is 111. The number of rotatable bonds is 2. The molecule has 0 amide bonds. The van der Waals surface area contributed by atoms with Gasteiger partial charge in [-0.1, -0.05) is 24.5 Å². The van der Waals surface area contributed by atoms with Gasteiger partial charge in [0.05, 0.1) is 6.04 Å². The van der Waals surface area contributed by atoms with Crippen LogP contribution < -0.4 is 0 Å². The van der Waals surface area contributed by atoms with E-state index in [1.54, 1.807) is 0 Å². The summed E-state index contributed by atoms with van der Waals surface area (Å²) in [5.41, 5.74) is 0. The van der Waals surface area contributed by atoms with E-state index in [0.717, 1.165) is 12.8 Å². The van der Waals surface area contributed by atoms with Crippen LogP contribution in [0.2, 0.25) is 0 Å². The zero-order valence-corrected chi connectivity index (χ0v) is 7.03. The smallest absolute Gasteiger partial charge is 0.0623 e. The summed E-state index contributed by atoms with van der Waals surface area (Å²) in [7, 11) is 0. The van der Waals surface area contributed by atoms with Crippen LogP contribution in [-0.4, -0.2) is 21.7 Å². The van der Waals surface area contributed by atoms with Gasteiger partial charge < -0.3 is 0 Å². The minimum atomic E-state index is -0.102. The Morgan fingerprint density at radius 2 is 1.73 bits per heavy atom. The summed E-state index contributed by atoms with van der Waals surface area (Å²) in [5.74, 6) is 0.471. The molecule has 1 aliphatic rings. The lowest BCUT2D eigenvalue weighted by atomic mass is 9.85. The van der Waals surface area contributed by atoms with Crippen molar-refractivity contribution in [2.75, 3.05) is 0 Å². The lowest BCUT2D eigenvalue weighted by molar-refractivity contribution is -0.337. The Balaban J connectivity index is 2.32. The largest absolute Gasteiger partial charge is 0.289 e. The van der Waals surface area contributed by atoms with Crippen molar-refractivity contribution in [3.8, 4) is 0 Å². The zero-order valence-electron chi connectivity index (χ0n) is 7.03. The Labute approximate surface area is 67.5 Å². The van der Waals surface area contributed by atoms with E-state index < -0.39 is 0 Å². The topological polar surface area (TPSA) is 43.7 Å². The van der Waals surface area contributed by atoms with Gasteiger partial charge in [0.25, 0.3) is 0 Å². The first-order valence-corrected chi connectivity index (χ1v) is 4.39. The second-order valence-electron chi connectivity index (χ2n) is 3.46. The van der Waals surface area contributed by atoms with Crippen LogP contribution in [0, 0.1) is 5.92 Å². The third-order valence-corrected chi connectivity index (χ3v) is 2.70. The van der Waals surface area contributed by atoms with E-state index in [1.165, 1.54) is 19.3 Å². The Morgan fingerprint density at radius 3 is 2.18 bits per heavy atom. The van der Waals surface area contributed by atoms with Gasteiger partial charge in [0.15, 0.2) is 0 Å². The second-order valence-corrected chi connectivity index (χ2v) is 3.46. The van der Waals surface area contributed by atoms with Crippen molar-refractivity contribution in [1.29, 1.82) is 0 Å². The summed E-state index contributed by atoms with van der Waals surface area (Å²) in [6.45, 7) is 1.86. The standard InChI is InChI=1S/C8H17NO2/c1-7(9(10)11)8-5-3-2-4-6-8/h7-8,10-11H,2-6H2,1H3. The summed E-state index contributed by atoms with van der Waals surface area (Å²) in [5, 5.41) is 17.9. The highest BCUT2D eigenvalue weighted by Gasteiger charge is 2.23. The molecule has 0 aromatic carbocycles. The summed E-state index contributed by atoms with van der Waals surface area (Å²) >= 11 is 0. The first-order chi connectivity index (χ1) is 5.22. The fourth-order valence-electron chi connectivity index (χ4n) is 1.81. The van der Waals surface area contributed by atoms with E-state index in [4.69, 9.17) is 10.4 Å². The molecule has 2 N–H and O–H groups in total. The molecule has 1 unspecified atom stereocenters. The fourth-order valence-corrected chi connectivity index (χ4v) is 1.81. The Morgan fingerprint density at radius 1 is 1.18 bits per heavy atom. The van der Waals surface area contributed by atoms with Gasteiger partial charge in [-0.05, 0) is 25.7 Å². The van der Waals surface area contributed by atoms with Gasteiger partial charge in [-0.2, -0.15) is 0 Å². The third kappa shape index (κ3) is 2.43. The highest BCUT2D eigenvalue weighted by atomic mass is 16.8. The maximum absolute atomic E-state index is 8.76. The van der Waals surface area contributed by atoms with Crippen LogP contribution in [0.4, 0.5) is 0 Å². The third-order valence-electron chi connectivity index (χ3n) is 2.70. The number of hydroxylamine groups is 2. The SMILES string of the molecule is CC(C1CCCCC1)N(O)O. The van der Waals surface area contributed by atoms with Gasteiger partial charge in [0.1, 0.15) is 0 Å². The van der Waals surface area contributed by atoms with Crippen molar-refractivity contribution in [3.63, 3.8) is 0 Å². The van der Waals surface area contributed by atoms with E-state index in [-0.39, 0.29) is 6.04 Å².